The first-order valence-corrected chi connectivity index (χ1v) is 19.6. The van der Waals surface area contributed by atoms with Crippen molar-refractivity contribution in [2.45, 2.75) is 0 Å². The highest BCUT2D eigenvalue weighted by molar-refractivity contribution is 7.26. The van der Waals surface area contributed by atoms with E-state index in [0.717, 1.165) is 49.8 Å². The molecule has 3 aromatic heterocycles. The minimum absolute atomic E-state index is 0.596. The molecule has 0 amide bonds. The smallest absolute Gasteiger partial charge is 0.164 e. The van der Waals surface area contributed by atoms with E-state index in [2.05, 4.69) is 146 Å². The van der Waals surface area contributed by atoms with Crippen molar-refractivity contribution in [3.05, 3.63) is 176 Å². The van der Waals surface area contributed by atoms with E-state index in [9.17, 15) is 0 Å². The predicted octanol–water partition coefficient (Wildman–Crippen LogP) is 14.3. The van der Waals surface area contributed by atoms with Crippen molar-refractivity contribution >= 4 is 85.8 Å². The van der Waals surface area contributed by atoms with Crippen LogP contribution in [-0.4, -0.2) is 15.0 Å². The van der Waals surface area contributed by atoms with Gasteiger partial charge in [0.15, 0.2) is 17.5 Å². The minimum Gasteiger partial charge on any atom is -0.456 e. The molecule has 0 bridgehead atoms. The van der Waals surface area contributed by atoms with E-state index < -0.39 is 0 Å². The van der Waals surface area contributed by atoms with Crippen LogP contribution in [0.4, 0.5) is 0 Å². The van der Waals surface area contributed by atoms with Gasteiger partial charge in [0.05, 0.1) is 0 Å². The zero-order valence-corrected chi connectivity index (χ0v) is 30.7. The van der Waals surface area contributed by atoms with Crippen LogP contribution in [0.15, 0.2) is 180 Å². The van der Waals surface area contributed by atoms with Gasteiger partial charge in [0.25, 0.3) is 0 Å². The Morgan fingerprint density at radius 3 is 1.84 bits per heavy atom. The lowest BCUT2D eigenvalue weighted by atomic mass is 9.96. The summed E-state index contributed by atoms with van der Waals surface area (Å²) in [6, 6.07) is 62.1. The zero-order valence-electron chi connectivity index (χ0n) is 29.9. The molecular weight excluding hydrogens is 703 g/mol. The number of para-hydroxylation sites is 1. The van der Waals surface area contributed by atoms with E-state index in [1.165, 1.54) is 52.5 Å². The fourth-order valence-corrected chi connectivity index (χ4v) is 9.58. The molecule has 56 heavy (non-hydrogen) atoms. The van der Waals surface area contributed by atoms with E-state index in [0.29, 0.717) is 17.5 Å². The number of thiophene rings is 1. The second-order valence-corrected chi connectivity index (χ2v) is 15.4. The maximum atomic E-state index is 6.62. The van der Waals surface area contributed by atoms with Gasteiger partial charge in [-0.15, -0.1) is 11.3 Å². The lowest BCUT2D eigenvalue weighted by Crippen LogP contribution is -2.00. The summed E-state index contributed by atoms with van der Waals surface area (Å²) in [6.07, 6.45) is 0. The standard InChI is InChI=1S/C51H29N3OS/c1-2-12-33(13-3-1)49-52-50(35-21-20-32-19-18-30-10-4-6-14-37(30)41(32)27-35)54-51(53-49)43-28-36(29-45-47(43)40-16-8-9-17-44(40)55-45)34-23-25-46-42(26-34)39-24-22-31-11-5-7-15-38(31)48(39)56-46/h1-29H. The van der Waals surface area contributed by atoms with E-state index in [-0.39, 0.29) is 0 Å². The van der Waals surface area contributed by atoms with Crippen LogP contribution < -0.4 is 0 Å². The molecule has 3 heterocycles. The molecule has 0 spiro atoms. The highest BCUT2D eigenvalue weighted by Crippen LogP contribution is 2.43. The molecule has 0 saturated carbocycles. The van der Waals surface area contributed by atoms with Gasteiger partial charge in [0, 0.05) is 47.6 Å². The number of hydrogen-bond acceptors (Lipinski definition) is 5. The third kappa shape index (κ3) is 4.88. The molecule has 4 nitrogen and oxygen atoms in total. The van der Waals surface area contributed by atoms with E-state index in [1.807, 2.05) is 41.7 Å². The number of hydrogen-bond donors (Lipinski definition) is 0. The Bertz CT molecular complexity index is 3550. The minimum atomic E-state index is 0.596. The van der Waals surface area contributed by atoms with Gasteiger partial charge in [0.1, 0.15) is 11.2 Å². The molecular formula is C51H29N3OS. The maximum Gasteiger partial charge on any atom is 0.164 e. The molecule has 0 saturated heterocycles. The third-order valence-corrected chi connectivity index (χ3v) is 12.3. The Hall–Kier alpha value is -7.21. The molecule has 0 unspecified atom stereocenters. The van der Waals surface area contributed by atoms with Crippen molar-refractivity contribution in [3.63, 3.8) is 0 Å². The van der Waals surface area contributed by atoms with E-state index in [1.54, 1.807) is 0 Å². The molecule has 9 aromatic carbocycles. The van der Waals surface area contributed by atoms with Crippen LogP contribution in [0.5, 0.6) is 0 Å². The molecule has 0 atom stereocenters. The van der Waals surface area contributed by atoms with Crippen LogP contribution in [0.25, 0.3) is 120 Å². The highest BCUT2D eigenvalue weighted by atomic mass is 32.1. The number of nitrogens with zero attached hydrogens (tertiary/aromatic N) is 3. The normalized spacial score (nSPS) is 11.9. The summed E-state index contributed by atoms with van der Waals surface area (Å²) in [5.41, 5.74) is 6.51. The first kappa shape index (κ1) is 31.2. The molecule has 260 valence electrons. The Balaban J connectivity index is 1.11. The van der Waals surface area contributed by atoms with Crippen LogP contribution in [0.2, 0.25) is 0 Å². The largest absolute Gasteiger partial charge is 0.456 e. The zero-order chi connectivity index (χ0) is 36.7. The second-order valence-electron chi connectivity index (χ2n) is 14.4. The van der Waals surface area contributed by atoms with Crippen LogP contribution in [0.3, 0.4) is 0 Å². The topological polar surface area (TPSA) is 51.8 Å². The molecule has 0 aliphatic heterocycles. The third-order valence-electron chi connectivity index (χ3n) is 11.1. The average molecular weight is 732 g/mol. The van der Waals surface area contributed by atoms with E-state index >= 15 is 0 Å². The number of aromatic nitrogens is 3. The van der Waals surface area contributed by atoms with Gasteiger partial charge in [-0.25, -0.2) is 15.0 Å². The molecule has 0 aliphatic rings. The van der Waals surface area contributed by atoms with Gasteiger partial charge >= 0.3 is 0 Å². The van der Waals surface area contributed by atoms with Crippen LogP contribution in [0.1, 0.15) is 0 Å². The molecule has 0 radical (unpaired) electrons. The first-order valence-electron chi connectivity index (χ1n) is 18.8. The first-order chi connectivity index (χ1) is 27.7. The predicted molar refractivity (Wildman–Crippen MR) is 234 cm³/mol. The van der Waals surface area contributed by atoms with Gasteiger partial charge in [-0.2, -0.15) is 0 Å². The van der Waals surface area contributed by atoms with Crippen molar-refractivity contribution in [1.82, 2.24) is 15.0 Å². The molecule has 0 aliphatic carbocycles. The second kappa shape index (κ2) is 12.2. The maximum absolute atomic E-state index is 6.62. The summed E-state index contributed by atoms with van der Waals surface area (Å²) in [6.45, 7) is 0. The van der Waals surface area contributed by atoms with Gasteiger partial charge in [-0.1, -0.05) is 140 Å². The van der Waals surface area contributed by atoms with Crippen LogP contribution >= 0.6 is 11.3 Å². The lowest BCUT2D eigenvalue weighted by molar-refractivity contribution is 0.669. The monoisotopic (exact) mass is 731 g/mol. The summed E-state index contributed by atoms with van der Waals surface area (Å²) in [7, 11) is 0. The van der Waals surface area contributed by atoms with Gasteiger partial charge in [-0.05, 0) is 79.8 Å². The Morgan fingerprint density at radius 1 is 0.357 bits per heavy atom. The quantitative estimate of drug-likeness (QED) is 0.169. The summed E-state index contributed by atoms with van der Waals surface area (Å²) in [5.74, 6) is 1.83. The van der Waals surface area contributed by atoms with Gasteiger partial charge < -0.3 is 4.42 Å². The summed E-state index contributed by atoms with van der Waals surface area (Å²) < 4.78 is 9.20. The molecule has 5 heteroatoms. The average Bonchev–Trinajstić information content (AvgIpc) is 3.84. The van der Waals surface area contributed by atoms with Crippen molar-refractivity contribution in [3.8, 4) is 45.3 Å². The molecule has 12 aromatic rings. The number of furan rings is 1. The fourth-order valence-electron chi connectivity index (χ4n) is 8.36. The Labute approximate surface area is 325 Å². The molecule has 12 rings (SSSR count). The summed E-state index contributed by atoms with van der Waals surface area (Å²) in [4.78, 5) is 15.7. The van der Waals surface area contributed by atoms with Crippen molar-refractivity contribution in [2.75, 3.05) is 0 Å². The van der Waals surface area contributed by atoms with Crippen molar-refractivity contribution in [2.24, 2.45) is 0 Å². The number of rotatable bonds is 4. The summed E-state index contributed by atoms with van der Waals surface area (Å²) >= 11 is 1.86. The van der Waals surface area contributed by atoms with Gasteiger partial charge in [-0.3, -0.25) is 0 Å². The lowest BCUT2D eigenvalue weighted by Gasteiger charge is -2.12. The number of benzene rings is 9. The molecule has 0 fully saturated rings. The van der Waals surface area contributed by atoms with Crippen molar-refractivity contribution in [1.29, 1.82) is 0 Å². The van der Waals surface area contributed by atoms with Gasteiger partial charge in [0.2, 0.25) is 0 Å². The fraction of sp³-hybridized carbons (Fsp3) is 0. The van der Waals surface area contributed by atoms with Crippen LogP contribution in [0, 0.1) is 0 Å². The van der Waals surface area contributed by atoms with Crippen LogP contribution in [-0.2, 0) is 0 Å². The highest BCUT2D eigenvalue weighted by Gasteiger charge is 2.20. The van der Waals surface area contributed by atoms with Crippen molar-refractivity contribution < 1.29 is 4.42 Å². The Morgan fingerprint density at radius 2 is 0.982 bits per heavy atom. The molecule has 0 N–H and O–H groups in total. The Kier molecular flexibility index (Phi) is 6.76. The SMILES string of the molecule is c1ccc(-c2nc(-c3ccc4ccc5ccccc5c4c3)nc(-c3cc(-c4ccc5sc6c7ccccc7ccc6c5c4)cc4oc5ccccc5c34)n2)cc1. The van der Waals surface area contributed by atoms with E-state index in [4.69, 9.17) is 19.4 Å². The number of fused-ring (bicyclic) bond motifs is 11. The summed E-state index contributed by atoms with van der Waals surface area (Å²) in [5, 5.41) is 11.8.